The summed E-state index contributed by atoms with van der Waals surface area (Å²) in [6.07, 6.45) is 3.33. The van der Waals surface area contributed by atoms with Crippen LogP contribution >= 0.6 is 0 Å². The fourth-order valence-corrected chi connectivity index (χ4v) is 3.27. The molecule has 0 heterocycles. The summed E-state index contributed by atoms with van der Waals surface area (Å²) >= 11 is 0. The topological polar surface area (TPSA) is 137 Å². The van der Waals surface area contributed by atoms with Crippen LogP contribution in [0, 0.1) is 0 Å². The Kier molecular flexibility index (Phi) is 11.3. The molecule has 0 bridgehead atoms. The van der Waals surface area contributed by atoms with Gasteiger partial charge in [0.25, 0.3) is 5.91 Å². The van der Waals surface area contributed by atoms with E-state index in [0.717, 1.165) is 12.8 Å². The van der Waals surface area contributed by atoms with Gasteiger partial charge in [0.15, 0.2) is 18.1 Å². The van der Waals surface area contributed by atoms with E-state index in [1.807, 2.05) is 0 Å². The highest BCUT2D eigenvalue weighted by Crippen LogP contribution is 2.27. The number of hydrogen-bond donors (Lipinski definition) is 3. The monoisotopic (exact) mass is 548 g/mol. The van der Waals surface area contributed by atoms with E-state index in [1.54, 1.807) is 73.8 Å². The van der Waals surface area contributed by atoms with Crippen LogP contribution in [-0.4, -0.2) is 51.4 Å². The standard InChI is InChI=1S/C29H32N4O7/c1-4-5-16-39-24-13-9-22(10-14-24)32-28(35)29(36)33-30-18-20-6-15-25(26(17-20)38-3)40-19-27(34)31-21-7-11-23(37-2)12-8-21/h6-15,17-18H,4-5,16,19H2,1-3H3,(H,31,34)(H,32,35)(H,33,36)/b30-18-. The first-order valence-corrected chi connectivity index (χ1v) is 12.5. The Morgan fingerprint density at radius 3 is 2.10 bits per heavy atom. The highest BCUT2D eigenvalue weighted by atomic mass is 16.5. The van der Waals surface area contributed by atoms with Crippen LogP contribution in [0.3, 0.4) is 0 Å². The van der Waals surface area contributed by atoms with E-state index in [4.69, 9.17) is 18.9 Å². The fourth-order valence-electron chi connectivity index (χ4n) is 3.27. The van der Waals surface area contributed by atoms with Gasteiger partial charge in [-0.1, -0.05) is 13.3 Å². The largest absolute Gasteiger partial charge is 0.497 e. The highest BCUT2D eigenvalue weighted by Gasteiger charge is 2.13. The lowest BCUT2D eigenvalue weighted by molar-refractivity contribution is -0.136. The molecule has 11 nitrogen and oxygen atoms in total. The van der Waals surface area contributed by atoms with Gasteiger partial charge in [-0.15, -0.1) is 0 Å². The van der Waals surface area contributed by atoms with Crippen molar-refractivity contribution >= 4 is 35.3 Å². The molecule has 3 aromatic rings. The minimum atomic E-state index is -0.936. The van der Waals surface area contributed by atoms with Crippen molar-refractivity contribution in [1.29, 1.82) is 0 Å². The molecule has 0 fully saturated rings. The van der Waals surface area contributed by atoms with Crippen LogP contribution in [-0.2, 0) is 14.4 Å². The summed E-state index contributed by atoms with van der Waals surface area (Å²) in [5.41, 5.74) is 3.80. The maximum atomic E-state index is 12.2. The summed E-state index contributed by atoms with van der Waals surface area (Å²) in [6.45, 7) is 2.46. The van der Waals surface area contributed by atoms with Gasteiger partial charge in [0.2, 0.25) is 0 Å². The number of hydrazone groups is 1. The summed E-state index contributed by atoms with van der Waals surface area (Å²) in [5.74, 6) is -0.0956. The third kappa shape index (κ3) is 9.35. The van der Waals surface area contributed by atoms with E-state index in [0.29, 0.717) is 46.5 Å². The molecular formula is C29H32N4O7. The Morgan fingerprint density at radius 1 is 0.775 bits per heavy atom. The van der Waals surface area contributed by atoms with Crippen molar-refractivity contribution in [3.63, 3.8) is 0 Å². The summed E-state index contributed by atoms with van der Waals surface area (Å²) < 4.78 is 21.6. The van der Waals surface area contributed by atoms with E-state index in [2.05, 4.69) is 28.1 Å². The molecule has 0 radical (unpaired) electrons. The number of nitrogens with zero attached hydrogens (tertiary/aromatic N) is 1. The van der Waals surface area contributed by atoms with Crippen LogP contribution in [0.5, 0.6) is 23.0 Å². The van der Waals surface area contributed by atoms with Gasteiger partial charge in [0.1, 0.15) is 11.5 Å². The second-order valence-electron chi connectivity index (χ2n) is 8.36. The van der Waals surface area contributed by atoms with Gasteiger partial charge in [-0.25, -0.2) is 5.43 Å². The molecule has 3 amide bonds. The van der Waals surface area contributed by atoms with Gasteiger partial charge in [0.05, 0.1) is 27.0 Å². The van der Waals surface area contributed by atoms with Crippen molar-refractivity contribution in [2.75, 3.05) is 38.1 Å². The van der Waals surface area contributed by atoms with E-state index >= 15 is 0 Å². The van der Waals surface area contributed by atoms with Crippen LogP contribution < -0.4 is 35.0 Å². The zero-order valence-corrected chi connectivity index (χ0v) is 22.6. The molecule has 0 spiro atoms. The van der Waals surface area contributed by atoms with Gasteiger partial charge in [-0.05, 0) is 78.7 Å². The summed E-state index contributed by atoms with van der Waals surface area (Å²) in [5, 5.41) is 9.05. The van der Waals surface area contributed by atoms with Crippen molar-refractivity contribution in [3.8, 4) is 23.0 Å². The second-order valence-corrected chi connectivity index (χ2v) is 8.36. The maximum Gasteiger partial charge on any atom is 0.329 e. The molecule has 11 heteroatoms. The zero-order chi connectivity index (χ0) is 28.7. The molecule has 210 valence electrons. The normalized spacial score (nSPS) is 10.5. The Balaban J connectivity index is 1.47. The molecule has 3 N–H and O–H groups in total. The zero-order valence-electron chi connectivity index (χ0n) is 22.6. The summed E-state index contributed by atoms with van der Waals surface area (Å²) in [7, 11) is 3.02. The van der Waals surface area contributed by atoms with Crippen molar-refractivity contribution in [2.45, 2.75) is 19.8 Å². The van der Waals surface area contributed by atoms with Crippen LogP contribution in [0.2, 0.25) is 0 Å². The average Bonchev–Trinajstić information content (AvgIpc) is 2.97. The number of carbonyl (C=O) groups excluding carboxylic acids is 3. The number of anilines is 2. The van der Waals surface area contributed by atoms with Crippen LogP contribution in [0.1, 0.15) is 25.3 Å². The minimum Gasteiger partial charge on any atom is -0.497 e. The molecule has 3 aromatic carbocycles. The van der Waals surface area contributed by atoms with Gasteiger partial charge < -0.3 is 29.6 Å². The Labute approximate surface area is 232 Å². The number of amides is 3. The summed E-state index contributed by atoms with van der Waals surface area (Å²) in [6, 6.07) is 18.5. The molecule has 0 aliphatic heterocycles. The average molecular weight is 549 g/mol. The van der Waals surface area contributed by atoms with Gasteiger partial charge >= 0.3 is 11.8 Å². The Hall–Kier alpha value is -5.06. The second kappa shape index (κ2) is 15.4. The smallest absolute Gasteiger partial charge is 0.329 e. The van der Waals surface area contributed by atoms with Crippen molar-refractivity contribution in [3.05, 3.63) is 72.3 Å². The minimum absolute atomic E-state index is 0.240. The van der Waals surface area contributed by atoms with Crippen molar-refractivity contribution < 1.29 is 33.3 Å². The number of rotatable bonds is 13. The summed E-state index contributed by atoms with van der Waals surface area (Å²) in [4.78, 5) is 36.5. The molecule has 0 aromatic heterocycles. The van der Waals surface area contributed by atoms with Crippen LogP contribution in [0.15, 0.2) is 71.8 Å². The number of benzene rings is 3. The van der Waals surface area contributed by atoms with E-state index in [-0.39, 0.29) is 12.5 Å². The Morgan fingerprint density at radius 2 is 1.45 bits per heavy atom. The number of hydrogen-bond acceptors (Lipinski definition) is 8. The molecule has 0 saturated heterocycles. The van der Waals surface area contributed by atoms with Gasteiger partial charge in [0, 0.05) is 11.4 Å². The van der Waals surface area contributed by atoms with E-state index in [9.17, 15) is 14.4 Å². The Bertz CT molecular complexity index is 1310. The van der Waals surface area contributed by atoms with Crippen LogP contribution in [0.25, 0.3) is 0 Å². The molecule has 0 saturated carbocycles. The molecule has 0 atom stereocenters. The predicted octanol–water partition coefficient (Wildman–Crippen LogP) is 3.99. The number of carbonyl (C=O) groups is 3. The van der Waals surface area contributed by atoms with Crippen molar-refractivity contribution in [1.82, 2.24) is 5.43 Å². The fraction of sp³-hybridized carbons (Fsp3) is 0.241. The predicted molar refractivity (Wildman–Crippen MR) is 151 cm³/mol. The molecule has 40 heavy (non-hydrogen) atoms. The first-order valence-electron chi connectivity index (χ1n) is 12.5. The van der Waals surface area contributed by atoms with Gasteiger partial charge in [-0.3, -0.25) is 14.4 Å². The van der Waals surface area contributed by atoms with Crippen molar-refractivity contribution in [2.24, 2.45) is 5.10 Å². The molecule has 0 unspecified atom stereocenters. The highest BCUT2D eigenvalue weighted by molar-refractivity contribution is 6.39. The number of methoxy groups -OCH3 is 2. The quantitative estimate of drug-likeness (QED) is 0.127. The van der Waals surface area contributed by atoms with E-state index < -0.39 is 11.8 Å². The lowest BCUT2D eigenvalue weighted by atomic mass is 10.2. The molecule has 3 rings (SSSR count). The number of nitrogens with one attached hydrogen (secondary N) is 3. The lowest BCUT2D eigenvalue weighted by Crippen LogP contribution is -2.32. The molecular weight excluding hydrogens is 516 g/mol. The first-order chi connectivity index (χ1) is 19.4. The molecule has 0 aliphatic carbocycles. The number of unbranched alkanes of at least 4 members (excludes halogenated alkanes) is 1. The number of ether oxygens (including phenoxy) is 4. The van der Waals surface area contributed by atoms with Gasteiger partial charge in [-0.2, -0.15) is 5.10 Å². The third-order valence-corrected chi connectivity index (χ3v) is 5.38. The lowest BCUT2D eigenvalue weighted by Gasteiger charge is -2.11. The molecule has 0 aliphatic rings. The SMILES string of the molecule is CCCCOc1ccc(NC(=O)C(=O)N/N=C\c2ccc(OCC(=O)Nc3ccc(OC)cc3)c(OC)c2)cc1. The maximum absolute atomic E-state index is 12.2. The third-order valence-electron chi connectivity index (χ3n) is 5.38. The first kappa shape index (κ1) is 29.5. The van der Waals surface area contributed by atoms with Crippen LogP contribution in [0.4, 0.5) is 11.4 Å². The van der Waals surface area contributed by atoms with E-state index in [1.165, 1.54) is 13.3 Å².